The normalized spacial score (nSPS) is 18.8. The molecule has 4 heteroatoms. The fraction of sp³-hybridized carbons (Fsp3) is 0.643. The van der Waals surface area contributed by atoms with Gasteiger partial charge >= 0.3 is 0 Å². The Morgan fingerprint density at radius 1 is 1.33 bits per heavy atom. The Kier molecular flexibility index (Phi) is 5.99. The van der Waals surface area contributed by atoms with Crippen LogP contribution in [0.5, 0.6) is 0 Å². The van der Waals surface area contributed by atoms with E-state index in [1.165, 1.54) is 37.7 Å². The van der Waals surface area contributed by atoms with Gasteiger partial charge in [-0.25, -0.2) is 0 Å². The SMILES string of the molecule is NC(CSC1CCCCC1)Cc1cncc(Br)c1. The van der Waals surface area contributed by atoms with Crippen molar-refractivity contribution in [3.8, 4) is 0 Å². The van der Waals surface area contributed by atoms with Crippen LogP contribution in [0.4, 0.5) is 0 Å². The first-order valence-corrected chi connectivity index (χ1v) is 8.55. The Morgan fingerprint density at radius 2 is 2.11 bits per heavy atom. The zero-order chi connectivity index (χ0) is 12.8. The first-order valence-electron chi connectivity index (χ1n) is 6.70. The van der Waals surface area contributed by atoms with Gasteiger partial charge in [0, 0.05) is 33.9 Å². The van der Waals surface area contributed by atoms with Crippen LogP contribution in [0, 0.1) is 0 Å². The third-order valence-electron chi connectivity index (χ3n) is 3.36. The highest BCUT2D eigenvalue weighted by Crippen LogP contribution is 2.28. The summed E-state index contributed by atoms with van der Waals surface area (Å²) < 4.78 is 1.03. The van der Waals surface area contributed by atoms with E-state index in [4.69, 9.17) is 5.73 Å². The minimum absolute atomic E-state index is 0.244. The van der Waals surface area contributed by atoms with Crippen LogP contribution in [0.3, 0.4) is 0 Å². The van der Waals surface area contributed by atoms with E-state index in [9.17, 15) is 0 Å². The average Bonchev–Trinajstić information content (AvgIpc) is 2.38. The Hall–Kier alpha value is -0.0600. The molecule has 1 aromatic rings. The summed E-state index contributed by atoms with van der Waals surface area (Å²) in [4.78, 5) is 4.18. The van der Waals surface area contributed by atoms with Crippen LogP contribution in [0.1, 0.15) is 37.7 Å². The van der Waals surface area contributed by atoms with Crippen molar-refractivity contribution >= 4 is 27.7 Å². The number of halogens is 1. The minimum atomic E-state index is 0.244. The summed E-state index contributed by atoms with van der Waals surface area (Å²) in [5.74, 6) is 1.07. The molecule has 0 amide bonds. The molecule has 0 bridgehead atoms. The molecule has 0 saturated heterocycles. The number of hydrogen-bond acceptors (Lipinski definition) is 3. The van der Waals surface area contributed by atoms with Gasteiger partial charge in [0.2, 0.25) is 0 Å². The Balaban J connectivity index is 1.72. The zero-order valence-electron chi connectivity index (χ0n) is 10.6. The summed E-state index contributed by atoms with van der Waals surface area (Å²) in [6, 6.07) is 2.35. The van der Waals surface area contributed by atoms with Gasteiger partial charge in [0.1, 0.15) is 0 Å². The Bertz CT molecular complexity index is 367. The standard InChI is InChI=1S/C14H21BrN2S/c15-12-6-11(8-17-9-12)7-13(16)10-18-14-4-2-1-3-5-14/h6,8-9,13-14H,1-5,7,10,16H2. The van der Waals surface area contributed by atoms with Crippen molar-refractivity contribution in [3.63, 3.8) is 0 Å². The first-order chi connectivity index (χ1) is 8.74. The summed E-state index contributed by atoms with van der Waals surface area (Å²) in [6.07, 6.45) is 11.7. The minimum Gasteiger partial charge on any atom is -0.327 e. The monoisotopic (exact) mass is 328 g/mol. The van der Waals surface area contributed by atoms with Crippen molar-refractivity contribution in [2.75, 3.05) is 5.75 Å². The van der Waals surface area contributed by atoms with Gasteiger partial charge in [-0.3, -0.25) is 4.98 Å². The number of aromatic nitrogens is 1. The van der Waals surface area contributed by atoms with E-state index >= 15 is 0 Å². The molecule has 1 fully saturated rings. The van der Waals surface area contributed by atoms with Crippen molar-refractivity contribution in [3.05, 3.63) is 28.5 Å². The largest absolute Gasteiger partial charge is 0.327 e. The summed E-state index contributed by atoms with van der Waals surface area (Å²) in [5, 5.41) is 0.852. The molecule has 1 saturated carbocycles. The van der Waals surface area contributed by atoms with Crippen LogP contribution in [0.2, 0.25) is 0 Å². The molecular weight excluding hydrogens is 308 g/mol. The van der Waals surface area contributed by atoms with Crippen LogP contribution in [0.25, 0.3) is 0 Å². The molecule has 100 valence electrons. The first kappa shape index (κ1) is 14.4. The highest BCUT2D eigenvalue weighted by molar-refractivity contribution is 9.10. The van der Waals surface area contributed by atoms with Crippen LogP contribution in [-0.2, 0) is 6.42 Å². The van der Waals surface area contributed by atoms with Gasteiger partial charge in [0.15, 0.2) is 0 Å². The van der Waals surface area contributed by atoms with Gasteiger partial charge in [-0.1, -0.05) is 19.3 Å². The Morgan fingerprint density at radius 3 is 2.83 bits per heavy atom. The topological polar surface area (TPSA) is 38.9 Å². The maximum atomic E-state index is 6.21. The van der Waals surface area contributed by atoms with Gasteiger partial charge in [-0.2, -0.15) is 11.8 Å². The summed E-state index contributed by atoms with van der Waals surface area (Å²) in [6.45, 7) is 0. The molecule has 0 radical (unpaired) electrons. The lowest BCUT2D eigenvalue weighted by atomic mass is 10.0. The van der Waals surface area contributed by atoms with Gasteiger partial charge in [-0.05, 0) is 46.8 Å². The second-order valence-corrected chi connectivity index (χ2v) is 7.32. The van der Waals surface area contributed by atoms with Crippen LogP contribution >= 0.6 is 27.7 Å². The molecule has 1 aromatic heterocycles. The third kappa shape index (κ3) is 4.90. The van der Waals surface area contributed by atoms with Crippen LogP contribution in [0.15, 0.2) is 22.9 Å². The lowest BCUT2D eigenvalue weighted by molar-refractivity contribution is 0.515. The van der Waals surface area contributed by atoms with Crippen LogP contribution in [-0.4, -0.2) is 22.0 Å². The van der Waals surface area contributed by atoms with E-state index in [0.29, 0.717) is 0 Å². The van der Waals surface area contributed by atoms with E-state index in [1.54, 1.807) is 0 Å². The molecule has 0 aromatic carbocycles. The van der Waals surface area contributed by atoms with Gasteiger partial charge in [-0.15, -0.1) is 0 Å². The highest BCUT2D eigenvalue weighted by Gasteiger charge is 2.15. The van der Waals surface area contributed by atoms with Crippen molar-refractivity contribution in [2.24, 2.45) is 5.73 Å². The number of nitrogens with zero attached hydrogens (tertiary/aromatic N) is 1. The fourth-order valence-electron chi connectivity index (χ4n) is 2.42. The van der Waals surface area contributed by atoms with Gasteiger partial charge < -0.3 is 5.73 Å². The van der Waals surface area contributed by atoms with E-state index in [1.807, 2.05) is 12.4 Å². The second-order valence-electron chi connectivity index (χ2n) is 5.07. The number of hydrogen-bond donors (Lipinski definition) is 1. The van der Waals surface area contributed by atoms with Crippen molar-refractivity contribution in [2.45, 2.75) is 49.8 Å². The second kappa shape index (κ2) is 7.51. The quantitative estimate of drug-likeness (QED) is 0.893. The Labute approximate surface area is 122 Å². The van der Waals surface area contributed by atoms with E-state index in [-0.39, 0.29) is 6.04 Å². The van der Waals surface area contributed by atoms with Crippen molar-refractivity contribution < 1.29 is 0 Å². The summed E-state index contributed by atoms with van der Waals surface area (Å²) in [5.41, 5.74) is 7.43. The fourth-order valence-corrected chi connectivity index (χ4v) is 4.14. The lowest BCUT2D eigenvalue weighted by Crippen LogP contribution is -2.27. The molecule has 1 unspecified atom stereocenters. The van der Waals surface area contributed by atoms with Crippen molar-refractivity contribution in [1.29, 1.82) is 0 Å². The number of rotatable bonds is 5. The molecule has 2 rings (SSSR count). The maximum absolute atomic E-state index is 6.21. The predicted molar refractivity (Wildman–Crippen MR) is 82.9 cm³/mol. The number of pyridine rings is 1. The third-order valence-corrected chi connectivity index (χ3v) is 5.35. The molecular formula is C14H21BrN2S. The number of thioether (sulfide) groups is 1. The van der Waals surface area contributed by atoms with Crippen molar-refractivity contribution in [1.82, 2.24) is 4.98 Å². The highest BCUT2D eigenvalue weighted by atomic mass is 79.9. The smallest absolute Gasteiger partial charge is 0.0410 e. The van der Waals surface area contributed by atoms with E-state index < -0.39 is 0 Å². The van der Waals surface area contributed by atoms with E-state index in [0.717, 1.165) is 21.9 Å². The van der Waals surface area contributed by atoms with E-state index in [2.05, 4.69) is 38.7 Å². The average molecular weight is 329 g/mol. The van der Waals surface area contributed by atoms with Gasteiger partial charge in [0.25, 0.3) is 0 Å². The lowest BCUT2D eigenvalue weighted by Gasteiger charge is -2.22. The zero-order valence-corrected chi connectivity index (χ0v) is 13.0. The molecule has 1 heterocycles. The van der Waals surface area contributed by atoms with Crippen LogP contribution < -0.4 is 5.73 Å². The maximum Gasteiger partial charge on any atom is 0.0410 e. The van der Waals surface area contributed by atoms with Gasteiger partial charge in [0.05, 0.1) is 0 Å². The molecule has 0 spiro atoms. The predicted octanol–water partition coefficient (Wildman–Crippen LogP) is 3.78. The summed E-state index contributed by atoms with van der Waals surface area (Å²) >= 11 is 5.52. The molecule has 1 aliphatic rings. The molecule has 2 nitrogen and oxygen atoms in total. The summed E-state index contributed by atoms with van der Waals surface area (Å²) in [7, 11) is 0. The molecule has 1 atom stereocenters. The molecule has 2 N–H and O–H groups in total. The molecule has 0 aliphatic heterocycles. The number of nitrogens with two attached hydrogens (primary N) is 1. The molecule has 1 aliphatic carbocycles. The molecule has 18 heavy (non-hydrogen) atoms.